The van der Waals surface area contributed by atoms with Crippen LogP contribution in [0.25, 0.3) is 0 Å². The Morgan fingerprint density at radius 1 is 1.22 bits per heavy atom. The van der Waals surface area contributed by atoms with Crippen molar-refractivity contribution < 1.29 is 19.4 Å². The van der Waals surface area contributed by atoms with Crippen LogP contribution in [0.3, 0.4) is 0 Å². The first-order valence-corrected chi connectivity index (χ1v) is 10.6. The smallest absolute Gasteiger partial charge is 0.419 e. The summed E-state index contributed by atoms with van der Waals surface area (Å²) in [5.41, 5.74) is 4.04. The molecule has 0 aromatic carbocycles. The van der Waals surface area contributed by atoms with E-state index in [2.05, 4.69) is 32.3 Å². The molecular formula is C21H36N2O4. The summed E-state index contributed by atoms with van der Waals surface area (Å²) >= 11 is 0. The molecular weight excluding hydrogens is 344 g/mol. The van der Waals surface area contributed by atoms with Gasteiger partial charge in [0.1, 0.15) is 0 Å². The van der Waals surface area contributed by atoms with Gasteiger partial charge in [-0.15, -0.1) is 0 Å². The van der Waals surface area contributed by atoms with Crippen LogP contribution in [0.5, 0.6) is 0 Å². The molecule has 0 bridgehead atoms. The Labute approximate surface area is 163 Å². The van der Waals surface area contributed by atoms with Crippen LogP contribution in [-0.4, -0.2) is 53.2 Å². The number of piperidine rings is 1. The predicted octanol–water partition coefficient (Wildman–Crippen LogP) is 4.11. The van der Waals surface area contributed by atoms with Crippen LogP contribution in [0.2, 0.25) is 0 Å². The number of carbonyl (C=O) groups is 1. The average Bonchev–Trinajstić information content (AvgIpc) is 3.53. The van der Waals surface area contributed by atoms with Crippen molar-refractivity contribution in [3.63, 3.8) is 0 Å². The molecule has 0 aromatic rings. The predicted molar refractivity (Wildman–Crippen MR) is 105 cm³/mol. The lowest BCUT2D eigenvalue weighted by atomic mass is 9.71. The van der Waals surface area contributed by atoms with Gasteiger partial charge in [0.25, 0.3) is 0 Å². The highest BCUT2D eigenvalue weighted by Crippen LogP contribution is 2.58. The highest BCUT2D eigenvalue weighted by Gasteiger charge is 2.67. The zero-order valence-corrected chi connectivity index (χ0v) is 17.1. The van der Waals surface area contributed by atoms with Gasteiger partial charge in [0, 0.05) is 19.0 Å². The molecule has 4 rings (SSSR count). The number of hydrogen-bond donors (Lipinski definition) is 2. The molecule has 4 aliphatic rings. The minimum Gasteiger partial charge on any atom is -0.464 e. The quantitative estimate of drug-likeness (QED) is 0.567. The molecule has 0 radical (unpaired) electrons. The highest BCUT2D eigenvalue weighted by molar-refractivity contribution is 5.63. The SMILES string of the molecule is CC(C)=CCC1OC1(C)C1CCCCC12CO2.O=C(O)NN1CCCCC1. The van der Waals surface area contributed by atoms with Crippen LogP contribution in [-0.2, 0) is 9.47 Å². The van der Waals surface area contributed by atoms with Crippen molar-refractivity contribution in [2.45, 2.75) is 89.4 Å². The fourth-order valence-corrected chi connectivity index (χ4v) is 4.80. The maximum atomic E-state index is 10.1. The van der Waals surface area contributed by atoms with E-state index >= 15 is 0 Å². The van der Waals surface area contributed by atoms with Crippen molar-refractivity contribution in [3.05, 3.63) is 11.6 Å². The van der Waals surface area contributed by atoms with E-state index in [9.17, 15) is 4.79 Å². The molecule has 6 heteroatoms. The van der Waals surface area contributed by atoms with Crippen LogP contribution in [0.1, 0.15) is 72.1 Å². The third kappa shape index (κ3) is 5.24. The third-order valence-electron chi connectivity index (χ3n) is 6.51. The van der Waals surface area contributed by atoms with Gasteiger partial charge in [0.2, 0.25) is 0 Å². The molecule has 27 heavy (non-hydrogen) atoms. The summed E-state index contributed by atoms with van der Waals surface area (Å²) in [6.07, 6.45) is 11.5. The second-order valence-corrected chi connectivity index (χ2v) is 8.92. The Balaban J connectivity index is 0.000000180. The molecule has 0 aromatic heterocycles. The zero-order chi connectivity index (χ0) is 19.5. The lowest BCUT2D eigenvalue weighted by Crippen LogP contribution is -2.44. The molecule has 4 atom stereocenters. The van der Waals surface area contributed by atoms with Crippen molar-refractivity contribution in [3.8, 4) is 0 Å². The number of ether oxygens (including phenoxy) is 2. The summed E-state index contributed by atoms with van der Waals surface area (Å²) in [5.74, 6) is 0.638. The second-order valence-electron chi connectivity index (χ2n) is 8.92. The lowest BCUT2D eigenvalue weighted by molar-refractivity contribution is 0.0886. The van der Waals surface area contributed by atoms with Crippen molar-refractivity contribution in [1.29, 1.82) is 0 Å². The average molecular weight is 381 g/mol. The van der Waals surface area contributed by atoms with Gasteiger partial charge in [-0.05, 0) is 52.9 Å². The normalized spacial score (nSPS) is 37.7. The van der Waals surface area contributed by atoms with Gasteiger partial charge >= 0.3 is 6.09 Å². The van der Waals surface area contributed by atoms with Gasteiger partial charge in [-0.1, -0.05) is 30.9 Å². The van der Waals surface area contributed by atoms with E-state index in [-0.39, 0.29) is 11.2 Å². The van der Waals surface area contributed by atoms with Crippen LogP contribution in [0.4, 0.5) is 4.79 Å². The number of hydrogen-bond acceptors (Lipinski definition) is 4. The molecule has 154 valence electrons. The summed E-state index contributed by atoms with van der Waals surface area (Å²) in [6.45, 7) is 9.30. The maximum absolute atomic E-state index is 10.1. The van der Waals surface area contributed by atoms with E-state index in [1.807, 2.05) is 0 Å². The Morgan fingerprint density at radius 3 is 2.52 bits per heavy atom. The molecule has 1 spiro atoms. The van der Waals surface area contributed by atoms with E-state index in [1.165, 1.54) is 37.7 Å². The van der Waals surface area contributed by atoms with E-state index < -0.39 is 6.09 Å². The van der Waals surface area contributed by atoms with Crippen LogP contribution >= 0.6 is 0 Å². The molecule has 3 aliphatic heterocycles. The summed E-state index contributed by atoms with van der Waals surface area (Å²) in [7, 11) is 0. The third-order valence-corrected chi connectivity index (χ3v) is 6.51. The minimum absolute atomic E-state index is 0.100. The molecule has 2 N–H and O–H groups in total. The molecule has 3 heterocycles. The standard InChI is InChI=1S/C15H24O2.C6H12N2O2/c1-11(2)7-8-13-14(3,17-13)12-6-4-5-9-15(12)10-16-15;9-6(10)7-8-4-2-1-3-5-8/h7,12-13H,4-6,8-10H2,1-3H3;7H,1-5H2,(H,9,10). The number of epoxide rings is 2. The summed E-state index contributed by atoms with van der Waals surface area (Å²) < 4.78 is 11.8. The number of nitrogens with zero attached hydrogens (tertiary/aromatic N) is 1. The Hall–Kier alpha value is -1.11. The highest BCUT2D eigenvalue weighted by atomic mass is 16.6. The Kier molecular flexibility index (Phi) is 6.49. The number of nitrogens with one attached hydrogen (secondary N) is 1. The Bertz CT molecular complexity index is 550. The number of amides is 1. The van der Waals surface area contributed by atoms with E-state index in [4.69, 9.17) is 14.6 Å². The van der Waals surface area contributed by atoms with Crippen LogP contribution in [0, 0.1) is 5.92 Å². The van der Waals surface area contributed by atoms with Crippen molar-refractivity contribution in [1.82, 2.24) is 10.4 Å². The fraction of sp³-hybridized carbons (Fsp3) is 0.857. The van der Waals surface area contributed by atoms with Gasteiger partial charge in [-0.3, -0.25) is 5.43 Å². The molecule has 4 unspecified atom stereocenters. The van der Waals surface area contributed by atoms with Crippen molar-refractivity contribution >= 4 is 6.09 Å². The topological polar surface area (TPSA) is 77.6 Å². The second kappa shape index (κ2) is 8.50. The summed E-state index contributed by atoms with van der Waals surface area (Å²) in [4.78, 5) is 10.1. The van der Waals surface area contributed by atoms with E-state index in [1.54, 1.807) is 5.01 Å². The van der Waals surface area contributed by atoms with Gasteiger partial charge < -0.3 is 14.6 Å². The summed E-state index contributed by atoms with van der Waals surface area (Å²) in [6, 6.07) is 0. The van der Waals surface area contributed by atoms with E-state index in [0.717, 1.165) is 39.0 Å². The van der Waals surface area contributed by atoms with Crippen molar-refractivity contribution in [2.24, 2.45) is 5.92 Å². The first kappa shape index (κ1) is 20.6. The van der Waals surface area contributed by atoms with Crippen molar-refractivity contribution in [2.75, 3.05) is 19.7 Å². The van der Waals surface area contributed by atoms with Crippen LogP contribution < -0.4 is 5.43 Å². The molecule has 4 fully saturated rings. The lowest BCUT2D eigenvalue weighted by Gasteiger charge is -2.32. The number of allylic oxidation sites excluding steroid dienone is 1. The van der Waals surface area contributed by atoms with Gasteiger partial charge in [-0.25, -0.2) is 9.80 Å². The molecule has 1 amide bonds. The molecule has 1 aliphatic carbocycles. The van der Waals surface area contributed by atoms with Crippen LogP contribution in [0.15, 0.2) is 11.6 Å². The molecule has 6 nitrogen and oxygen atoms in total. The fourth-order valence-electron chi connectivity index (χ4n) is 4.80. The number of hydrazine groups is 1. The number of rotatable bonds is 4. The Morgan fingerprint density at radius 2 is 1.93 bits per heavy atom. The van der Waals surface area contributed by atoms with E-state index in [0.29, 0.717) is 12.0 Å². The first-order chi connectivity index (χ1) is 12.9. The first-order valence-electron chi connectivity index (χ1n) is 10.6. The maximum Gasteiger partial charge on any atom is 0.419 e. The van der Waals surface area contributed by atoms with Gasteiger partial charge in [0.15, 0.2) is 0 Å². The van der Waals surface area contributed by atoms with Gasteiger partial charge in [0.05, 0.1) is 23.9 Å². The summed E-state index contributed by atoms with van der Waals surface area (Å²) in [5, 5.41) is 10.1. The molecule has 3 saturated heterocycles. The molecule has 1 saturated carbocycles. The number of carboxylic acid groups (broad SMARTS) is 1. The zero-order valence-electron chi connectivity index (χ0n) is 17.1. The van der Waals surface area contributed by atoms with Gasteiger partial charge in [-0.2, -0.15) is 0 Å². The monoisotopic (exact) mass is 380 g/mol. The minimum atomic E-state index is -0.957. The largest absolute Gasteiger partial charge is 0.464 e.